The van der Waals surface area contributed by atoms with Gasteiger partial charge in [0.2, 0.25) is 16.0 Å². The standard InChI is InChI=1S/C21H22N4O4S2/c1-25(31(3,28)29)20-7-5-4-6-16(20)8-9-18-14-15-22-21(24-18)23-17-10-12-19(13-11-17)30(2,26)27/h4-15H,1-3H3,(H,22,23,24). The molecule has 0 saturated heterocycles. The number of aromatic nitrogens is 2. The molecule has 0 unspecified atom stereocenters. The zero-order valence-corrected chi connectivity index (χ0v) is 18.9. The van der Waals surface area contributed by atoms with Gasteiger partial charge < -0.3 is 5.32 Å². The molecule has 31 heavy (non-hydrogen) atoms. The molecular formula is C21H22N4O4S2. The van der Waals surface area contributed by atoms with Crippen molar-refractivity contribution in [1.29, 1.82) is 0 Å². The highest BCUT2D eigenvalue weighted by Crippen LogP contribution is 2.23. The highest BCUT2D eigenvalue weighted by Gasteiger charge is 2.14. The van der Waals surface area contributed by atoms with Crippen molar-refractivity contribution < 1.29 is 16.8 Å². The largest absolute Gasteiger partial charge is 0.324 e. The summed E-state index contributed by atoms with van der Waals surface area (Å²) in [5, 5.41) is 3.03. The predicted octanol–water partition coefficient (Wildman–Crippen LogP) is 3.19. The molecule has 162 valence electrons. The fourth-order valence-electron chi connectivity index (χ4n) is 2.71. The first-order valence-corrected chi connectivity index (χ1v) is 12.9. The first-order chi connectivity index (χ1) is 14.5. The Bertz CT molecular complexity index is 1320. The first kappa shape index (κ1) is 22.4. The van der Waals surface area contributed by atoms with Crippen molar-refractivity contribution in [3.8, 4) is 0 Å². The van der Waals surface area contributed by atoms with E-state index in [0.29, 0.717) is 23.0 Å². The maximum atomic E-state index is 11.9. The van der Waals surface area contributed by atoms with Crippen molar-refractivity contribution in [1.82, 2.24) is 9.97 Å². The number of sulfone groups is 1. The van der Waals surface area contributed by atoms with Crippen LogP contribution in [0.3, 0.4) is 0 Å². The Hall–Kier alpha value is -3.24. The van der Waals surface area contributed by atoms with E-state index in [0.717, 1.165) is 18.1 Å². The SMILES string of the molecule is CN(c1ccccc1C=Cc1ccnc(Nc2ccc(S(C)(=O)=O)cc2)n1)S(C)(=O)=O. The number of nitrogens with zero attached hydrogens (tertiary/aromatic N) is 3. The predicted molar refractivity (Wildman–Crippen MR) is 123 cm³/mol. The first-order valence-electron chi connectivity index (χ1n) is 9.15. The molecule has 1 N–H and O–H groups in total. The molecule has 3 aromatic rings. The Labute approximate surface area is 182 Å². The van der Waals surface area contributed by atoms with Gasteiger partial charge in [0.15, 0.2) is 9.84 Å². The average molecular weight is 459 g/mol. The van der Waals surface area contributed by atoms with E-state index in [2.05, 4.69) is 15.3 Å². The van der Waals surface area contributed by atoms with Crippen molar-refractivity contribution in [2.75, 3.05) is 29.2 Å². The third-order valence-electron chi connectivity index (χ3n) is 4.42. The van der Waals surface area contributed by atoms with E-state index in [-0.39, 0.29) is 4.90 Å². The van der Waals surface area contributed by atoms with Crippen LogP contribution < -0.4 is 9.62 Å². The second kappa shape index (κ2) is 8.86. The van der Waals surface area contributed by atoms with Crippen LogP contribution in [0.15, 0.2) is 65.7 Å². The third kappa shape index (κ3) is 5.89. The van der Waals surface area contributed by atoms with Crippen LogP contribution >= 0.6 is 0 Å². The van der Waals surface area contributed by atoms with Crippen molar-refractivity contribution in [3.05, 3.63) is 72.1 Å². The molecule has 0 aliphatic carbocycles. The smallest absolute Gasteiger partial charge is 0.232 e. The van der Waals surface area contributed by atoms with Crippen molar-refractivity contribution in [3.63, 3.8) is 0 Å². The van der Waals surface area contributed by atoms with Gasteiger partial charge in [-0.2, -0.15) is 0 Å². The Balaban J connectivity index is 1.81. The summed E-state index contributed by atoms with van der Waals surface area (Å²) in [6.45, 7) is 0. The lowest BCUT2D eigenvalue weighted by Crippen LogP contribution is -2.25. The van der Waals surface area contributed by atoms with Crippen LogP contribution in [-0.4, -0.2) is 46.4 Å². The van der Waals surface area contributed by atoms with E-state index >= 15 is 0 Å². The maximum Gasteiger partial charge on any atom is 0.232 e. The zero-order valence-electron chi connectivity index (χ0n) is 17.2. The van der Waals surface area contributed by atoms with Crippen LogP contribution in [0.4, 0.5) is 17.3 Å². The Morgan fingerprint density at radius 2 is 1.58 bits per heavy atom. The lowest BCUT2D eigenvalue weighted by atomic mass is 10.1. The minimum absolute atomic E-state index is 0.230. The van der Waals surface area contributed by atoms with Gasteiger partial charge in [-0.1, -0.05) is 24.3 Å². The van der Waals surface area contributed by atoms with E-state index in [1.807, 2.05) is 12.1 Å². The Morgan fingerprint density at radius 3 is 2.23 bits per heavy atom. The zero-order chi connectivity index (χ0) is 22.6. The molecule has 10 heteroatoms. The summed E-state index contributed by atoms with van der Waals surface area (Å²) in [4.78, 5) is 8.83. The number of para-hydroxylation sites is 1. The van der Waals surface area contributed by atoms with Crippen LogP contribution in [0.1, 0.15) is 11.3 Å². The second-order valence-electron chi connectivity index (χ2n) is 6.85. The lowest BCUT2D eigenvalue weighted by Gasteiger charge is -2.18. The molecule has 0 aliphatic rings. The molecule has 0 atom stereocenters. The molecule has 0 spiro atoms. The third-order valence-corrected chi connectivity index (χ3v) is 6.74. The van der Waals surface area contributed by atoms with Crippen molar-refractivity contribution in [2.24, 2.45) is 0 Å². The maximum absolute atomic E-state index is 11.9. The summed E-state index contributed by atoms with van der Waals surface area (Å²) in [5.41, 5.74) is 2.54. The van der Waals surface area contributed by atoms with Gasteiger partial charge in [-0.05, 0) is 48.0 Å². The van der Waals surface area contributed by atoms with Gasteiger partial charge in [0.25, 0.3) is 0 Å². The molecule has 0 fully saturated rings. The van der Waals surface area contributed by atoms with Crippen LogP contribution in [-0.2, 0) is 19.9 Å². The van der Waals surface area contributed by atoms with Gasteiger partial charge in [-0.15, -0.1) is 0 Å². The van der Waals surface area contributed by atoms with Crippen LogP contribution in [0.25, 0.3) is 12.2 Å². The van der Waals surface area contributed by atoms with Crippen LogP contribution in [0.5, 0.6) is 0 Å². The van der Waals surface area contributed by atoms with Crippen LogP contribution in [0, 0.1) is 0 Å². The minimum atomic E-state index is -3.39. The summed E-state index contributed by atoms with van der Waals surface area (Å²) in [7, 11) is -5.15. The molecule has 8 nitrogen and oxygen atoms in total. The van der Waals surface area contributed by atoms with Gasteiger partial charge >= 0.3 is 0 Å². The Kier molecular flexibility index (Phi) is 6.42. The highest BCUT2D eigenvalue weighted by atomic mass is 32.2. The molecule has 0 amide bonds. The van der Waals surface area contributed by atoms with E-state index in [1.54, 1.807) is 48.7 Å². The highest BCUT2D eigenvalue weighted by molar-refractivity contribution is 7.92. The van der Waals surface area contributed by atoms with E-state index in [4.69, 9.17) is 0 Å². The number of hydrogen-bond donors (Lipinski definition) is 1. The number of sulfonamides is 1. The van der Waals surface area contributed by atoms with Gasteiger partial charge in [-0.25, -0.2) is 26.8 Å². The number of benzene rings is 2. The molecule has 2 aromatic carbocycles. The summed E-state index contributed by atoms with van der Waals surface area (Å²) in [5.74, 6) is 0.343. The van der Waals surface area contributed by atoms with E-state index < -0.39 is 19.9 Å². The average Bonchev–Trinajstić information content (AvgIpc) is 2.71. The molecule has 0 bridgehead atoms. The minimum Gasteiger partial charge on any atom is -0.324 e. The molecule has 0 radical (unpaired) electrons. The van der Waals surface area contributed by atoms with Gasteiger partial charge in [-0.3, -0.25) is 4.31 Å². The summed E-state index contributed by atoms with van der Waals surface area (Å²) < 4.78 is 48.1. The summed E-state index contributed by atoms with van der Waals surface area (Å²) in [6, 6.07) is 15.2. The fourth-order valence-corrected chi connectivity index (χ4v) is 3.86. The van der Waals surface area contributed by atoms with Gasteiger partial charge in [0, 0.05) is 25.2 Å². The van der Waals surface area contributed by atoms with Crippen molar-refractivity contribution in [2.45, 2.75) is 4.90 Å². The molecule has 0 saturated carbocycles. The van der Waals surface area contributed by atoms with E-state index in [9.17, 15) is 16.8 Å². The fraction of sp³-hybridized carbons (Fsp3) is 0.143. The molecule has 1 aromatic heterocycles. The molecule has 3 rings (SSSR count). The molecule has 1 heterocycles. The number of rotatable bonds is 7. The molecule has 0 aliphatic heterocycles. The summed E-state index contributed by atoms with van der Waals surface area (Å²) in [6.07, 6.45) is 7.44. The summed E-state index contributed by atoms with van der Waals surface area (Å²) >= 11 is 0. The van der Waals surface area contributed by atoms with Gasteiger partial charge in [0.1, 0.15) is 0 Å². The molecular weight excluding hydrogens is 436 g/mol. The van der Waals surface area contributed by atoms with Crippen molar-refractivity contribution >= 4 is 49.3 Å². The topological polar surface area (TPSA) is 109 Å². The van der Waals surface area contributed by atoms with Crippen LogP contribution in [0.2, 0.25) is 0 Å². The van der Waals surface area contributed by atoms with E-state index in [1.165, 1.54) is 23.5 Å². The monoisotopic (exact) mass is 458 g/mol. The Morgan fingerprint density at radius 1 is 0.903 bits per heavy atom. The lowest BCUT2D eigenvalue weighted by molar-refractivity contribution is 0.599. The number of anilines is 3. The second-order valence-corrected chi connectivity index (χ2v) is 10.9. The van der Waals surface area contributed by atoms with Gasteiger partial charge in [0.05, 0.1) is 22.5 Å². The quantitative estimate of drug-likeness (QED) is 0.579. The number of hydrogen-bond acceptors (Lipinski definition) is 7. The normalized spacial score (nSPS) is 12.1. The number of nitrogens with one attached hydrogen (secondary N) is 1.